The van der Waals surface area contributed by atoms with Gasteiger partial charge in [0.15, 0.2) is 0 Å². The van der Waals surface area contributed by atoms with Gasteiger partial charge < -0.3 is 9.72 Å². The molecule has 0 fully saturated rings. The number of unbranched alkanes of at least 4 members (excludes halogenated alkanes) is 1. The first-order valence-electron chi connectivity index (χ1n) is 11.4. The zero-order chi connectivity index (χ0) is 25.2. The van der Waals surface area contributed by atoms with Crippen molar-refractivity contribution in [3.8, 4) is 0 Å². The molecular formula is C26H27N3O6. The summed E-state index contributed by atoms with van der Waals surface area (Å²) in [6.45, 7) is 1.55. The number of nitrogens with zero attached hydrogens (tertiary/aromatic N) is 1. The second-order valence-electron chi connectivity index (χ2n) is 8.87. The van der Waals surface area contributed by atoms with Gasteiger partial charge in [0.05, 0.1) is 18.2 Å². The van der Waals surface area contributed by atoms with Crippen LogP contribution in [0.25, 0.3) is 10.9 Å². The SMILES string of the molecule is COC(=O)[C@](C)(Cc1c[nH]c2cc(CCCCC(=O)NO)ccc12)N1C(=O)c2ccccc2C1=O. The van der Waals surface area contributed by atoms with E-state index in [1.165, 1.54) is 7.11 Å². The van der Waals surface area contributed by atoms with Gasteiger partial charge in [-0.25, -0.2) is 10.3 Å². The van der Waals surface area contributed by atoms with Gasteiger partial charge in [-0.15, -0.1) is 0 Å². The van der Waals surface area contributed by atoms with Crippen molar-refractivity contribution < 1.29 is 29.1 Å². The van der Waals surface area contributed by atoms with Gasteiger partial charge in [0.1, 0.15) is 5.54 Å². The van der Waals surface area contributed by atoms with Gasteiger partial charge in [-0.3, -0.25) is 24.5 Å². The fourth-order valence-electron chi connectivity index (χ4n) is 4.68. The van der Waals surface area contributed by atoms with Gasteiger partial charge in [-0.2, -0.15) is 0 Å². The van der Waals surface area contributed by atoms with Gasteiger partial charge >= 0.3 is 5.97 Å². The van der Waals surface area contributed by atoms with E-state index in [2.05, 4.69) is 4.98 Å². The number of aromatic nitrogens is 1. The second-order valence-corrected chi connectivity index (χ2v) is 8.87. The highest BCUT2D eigenvalue weighted by molar-refractivity contribution is 6.23. The minimum atomic E-state index is -1.54. The topological polar surface area (TPSA) is 129 Å². The maximum absolute atomic E-state index is 13.1. The molecule has 1 aliphatic heterocycles. The maximum atomic E-state index is 13.1. The van der Waals surface area contributed by atoms with Crippen molar-refractivity contribution in [2.75, 3.05) is 7.11 Å². The lowest BCUT2D eigenvalue weighted by Crippen LogP contribution is -2.57. The van der Waals surface area contributed by atoms with E-state index >= 15 is 0 Å². The smallest absolute Gasteiger partial charge is 0.332 e. The van der Waals surface area contributed by atoms with Crippen molar-refractivity contribution in [3.05, 3.63) is 70.9 Å². The summed E-state index contributed by atoms with van der Waals surface area (Å²) in [6, 6.07) is 12.4. The number of aromatic amines is 1. The molecule has 1 atom stereocenters. The van der Waals surface area contributed by atoms with Crippen LogP contribution >= 0.6 is 0 Å². The lowest BCUT2D eigenvalue weighted by atomic mass is 9.90. The van der Waals surface area contributed by atoms with E-state index in [1.807, 2.05) is 18.2 Å². The van der Waals surface area contributed by atoms with Gasteiger partial charge in [-0.1, -0.05) is 24.3 Å². The van der Waals surface area contributed by atoms with Crippen LogP contribution in [0, 0.1) is 0 Å². The summed E-state index contributed by atoms with van der Waals surface area (Å²) in [6.07, 6.45) is 4.32. The Morgan fingerprint density at radius 1 is 1.09 bits per heavy atom. The summed E-state index contributed by atoms with van der Waals surface area (Å²) >= 11 is 0. The van der Waals surface area contributed by atoms with Crippen molar-refractivity contribution in [2.24, 2.45) is 0 Å². The van der Waals surface area contributed by atoms with Crippen LogP contribution in [-0.2, 0) is 27.2 Å². The van der Waals surface area contributed by atoms with Crippen molar-refractivity contribution >= 4 is 34.6 Å². The first kappa shape index (κ1) is 24.2. The molecule has 2 heterocycles. The summed E-state index contributed by atoms with van der Waals surface area (Å²) in [5.41, 5.74) is 3.34. The number of fused-ring (bicyclic) bond motifs is 2. The lowest BCUT2D eigenvalue weighted by Gasteiger charge is -2.34. The van der Waals surface area contributed by atoms with Crippen molar-refractivity contribution in [1.29, 1.82) is 0 Å². The number of hydrogen-bond donors (Lipinski definition) is 3. The molecule has 1 aliphatic rings. The molecule has 2 aromatic carbocycles. The number of methoxy groups -OCH3 is 1. The summed E-state index contributed by atoms with van der Waals surface area (Å²) < 4.78 is 5.04. The molecule has 0 aliphatic carbocycles. The van der Waals surface area contributed by atoms with E-state index < -0.39 is 29.2 Å². The predicted molar refractivity (Wildman–Crippen MR) is 127 cm³/mol. The molecule has 1 aromatic heterocycles. The highest BCUT2D eigenvalue weighted by atomic mass is 16.5. The van der Waals surface area contributed by atoms with Gasteiger partial charge in [-0.05, 0) is 55.5 Å². The van der Waals surface area contributed by atoms with Crippen LogP contribution in [0.2, 0.25) is 0 Å². The van der Waals surface area contributed by atoms with E-state index in [1.54, 1.807) is 42.9 Å². The van der Waals surface area contributed by atoms with Crippen LogP contribution in [-0.4, -0.2) is 51.4 Å². The Morgan fingerprint density at radius 3 is 2.40 bits per heavy atom. The van der Waals surface area contributed by atoms with Crippen LogP contribution in [0.4, 0.5) is 0 Å². The molecule has 3 aromatic rings. The number of hydroxylamine groups is 1. The van der Waals surface area contributed by atoms with E-state index in [0.29, 0.717) is 6.42 Å². The molecule has 9 heteroatoms. The lowest BCUT2D eigenvalue weighted by molar-refractivity contribution is -0.151. The average molecular weight is 478 g/mol. The van der Waals surface area contributed by atoms with Crippen molar-refractivity contribution in [3.63, 3.8) is 0 Å². The Morgan fingerprint density at radius 2 is 1.77 bits per heavy atom. The number of imide groups is 1. The molecule has 0 unspecified atom stereocenters. The first-order valence-corrected chi connectivity index (χ1v) is 11.4. The fraction of sp³-hybridized carbons (Fsp3) is 0.308. The van der Waals surface area contributed by atoms with Crippen LogP contribution in [0.3, 0.4) is 0 Å². The van der Waals surface area contributed by atoms with Crippen LogP contribution in [0.1, 0.15) is 58.0 Å². The number of carbonyl (C=O) groups is 4. The molecular weight excluding hydrogens is 450 g/mol. The largest absolute Gasteiger partial charge is 0.467 e. The Hall–Kier alpha value is -3.98. The number of ether oxygens (including phenoxy) is 1. The molecule has 4 rings (SSSR count). The van der Waals surface area contributed by atoms with Crippen molar-refractivity contribution in [1.82, 2.24) is 15.4 Å². The summed E-state index contributed by atoms with van der Waals surface area (Å²) in [7, 11) is 1.24. The van der Waals surface area contributed by atoms with E-state index in [0.717, 1.165) is 39.8 Å². The monoisotopic (exact) mass is 477 g/mol. The minimum absolute atomic E-state index is 0.0841. The molecule has 0 radical (unpaired) electrons. The third kappa shape index (κ3) is 4.42. The first-order chi connectivity index (χ1) is 16.8. The molecule has 0 saturated heterocycles. The Labute approximate surface area is 202 Å². The normalized spacial score (nSPS) is 14.7. The number of carbonyl (C=O) groups excluding carboxylic acids is 4. The van der Waals surface area contributed by atoms with E-state index in [4.69, 9.17) is 9.94 Å². The molecule has 182 valence electrons. The zero-order valence-electron chi connectivity index (χ0n) is 19.6. The Balaban J connectivity index is 1.58. The maximum Gasteiger partial charge on any atom is 0.332 e. The number of rotatable bonds is 9. The molecule has 9 nitrogen and oxygen atoms in total. The van der Waals surface area contributed by atoms with Gasteiger partial charge in [0.2, 0.25) is 5.91 Å². The third-order valence-electron chi connectivity index (χ3n) is 6.52. The van der Waals surface area contributed by atoms with E-state index in [-0.39, 0.29) is 24.0 Å². The number of esters is 1. The van der Waals surface area contributed by atoms with Crippen LogP contribution in [0.15, 0.2) is 48.7 Å². The third-order valence-corrected chi connectivity index (χ3v) is 6.52. The van der Waals surface area contributed by atoms with Crippen molar-refractivity contribution in [2.45, 2.75) is 44.6 Å². The van der Waals surface area contributed by atoms with E-state index in [9.17, 15) is 19.2 Å². The Bertz CT molecular complexity index is 1280. The highest BCUT2D eigenvalue weighted by Crippen LogP contribution is 2.34. The standard InChI is InChI=1S/C26H27N3O6/c1-26(25(33)35-2,29-23(31)19-8-4-5-9-20(19)24(29)32)14-17-15-27-21-13-16(11-12-18(17)21)7-3-6-10-22(30)28-34/h4-5,8-9,11-13,15,27,34H,3,6-7,10,14H2,1-2H3,(H,28,30)/t26-/m0/s1. The Kier molecular flexibility index (Phi) is 6.70. The molecule has 35 heavy (non-hydrogen) atoms. The summed E-state index contributed by atoms with van der Waals surface area (Å²) in [4.78, 5) is 54.6. The van der Waals surface area contributed by atoms with Gasteiger partial charge in [0, 0.05) is 29.9 Å². The number of amides is 3. The van der Waals surface area contributed by atoms with Gasteiger partial charge in [0.25, 0.3) is 11.8 Å². The highest BCUT2D eigenvalue weighted by Gasteiger charge is 2.51. The zero-order valence-corrected chi connectivity index (χ0v) is 19.6. The fourth-order valence-corrected chi connectivity index (χ4v) is 4.68. The quantitative estimate of drug-likeness (QED) is 0.143. The molecule has 3 N–H and O–H groups in total. The number of hydrogen-bond acceptors (Lipinski definition) is 6. The van der Waals surface area contributed by atoms with Crippen LogP contribution in [0.5, 0.6) is 0 Å². The molecule has 0 bridgehead atoms. The molecule has 3 amide bonds. The summed E-state index contributed by atoms with van der Waals surface area (Å²) in [5.74, 6) is -2.11. The number of aryl methyl sites for hydroxylation is 1. The molecule has 0 saturated carbocycles. The number of H-pyrrole nitrogens is 1. The predicted octanol–water partition coefficient (Wildman–Crippen LogP) is 3.16. The molecule has 0 spiro atoms. The van der Waals surface area contributed by atoms with Crippen LogP contribution < -0.4 is 5.48 Å². The summed E-state index contributed by atoms with van der Waals surface area (Å²) in [5, 5.41) is 9.45. The number of nitrogens with one attached hydrogen (secondary N) is 2. The minimum Gasteiger partial charge on any atom is -0.467 e. The number of benzene rings is 2. The average Bonchev–Trinajstić information content (AvgIpc) is 3.38. The second kappa shape index (κ2) is 9.71.